The van der Waals surface area contributed by atoms with Crippen LogP contribution in [0.3, 0.4) is 0 Å². The van der Waals surface area contributed by atoms with Gasteiger partial charge >= 0.3 is 16.5 Å². The van der Waals surface area contributed by atoms with Gasteiger partial charge in [0.2, 0.25) is 5.12 Å². The van der Waals surface area contributed by atoms with Crippen LogP contribution in [-0.2, 0) is 21.3 Å². The van der Waals surface area contributed by atoms with Crippen molar-refractivity contribution in [1.82, 2.24) is 4.90 Å². The van der Waals surface area contributed by atoms with Gasteiger partial charge in [0.1, 0.15) is 5.76 Å². The molecular weight excluding hydrogens is 521 g/mol. The third-order valence-corrected chi connectivity index (χ3v) is 6.23. The zero-order valence-electron chi connectivity index (χ0n) is 19.5. The topological polar surface area (TPSA) is 99.4 Å². The molecule has 0 unspecified atom stereocenters. The number of hydrogen-bond donors (Lipinski definition) is 1. The molecule has 1 N–H and O–H groups in total. The number of benzene rings is 3. The maximum absolute atomic E-state index is 13.7. The maximum atomic E-state index is 13.7. The average Bonchev–Trinajstić information content (AvgIpc) is 3.11. The van der Waals surface area contributed by atoms with E-state index in [1.54, 1.807) is 18.2 Å². The number of carbonyl (C=O) groups is 3. The predicted octanol–water partition coefficient (Wildman–Crippen LogP) is 6.22. The van der Waals surface area contributed by atoms with Crippen molar-refractivity contribution in [3.63, 3.8) is 0 Å². The zero-order chi connectivity index (χ0) is 24.9. The molecule has 0 aliphatic carbocycles. The van der Waals surface area contributed by atoms with Gasteiger partial charge in [-0.1, -0.05) is 85.4 Å². The van der Waals surface area contributed by atoms with E-state index in [4.69, 9.17) is 0 Å². The van der Waals surface area contributed by atoms with E-state index in [9.17, 15) is 19.5 Å². The number of amides is 2. The minimum absolute atomic E-state index is 0. The van der Waals surface area contributed by atoms with Gasteiger partial charge in [0, 0.05) is 0 Å². The predicted molar refractivity (Wildman–Crippen MR) is 135 cm³/mol. The van der Waals surface area contributed by atoms with E-state index in [-0.39, 0.29) is 44.8 Å². The minimum atomic E-state index is -0.632. The molecule has 184 valence electrons. The summed E-state index contributed by atoms with van der Waals surface area (Å²) in [5.74, 6) is -0.706. The van der Waals surface area contributed by atoms with Crippen molar-refractivity contribution in [3.05, 3.63) is 113 Å². The molecule has 2 amide bonds. The number of azo groups is 1. The Kier molecular flexibility index (Phi) is 8.96. The molecule has 1 aliphatic rings. The van der Waals surface area contributed by atoms with Gasteiger partial charge < -0.3 is 5.11 Å². The summed E-state index contributed by atoms with van der Waals surface area (Å²) >= 11 is 0.989. The molecule has 0 atom stereocenters. The van der Waals surface area contributed by atoms with Crippen molar-refractivity contribution < 1.29 is 36.0 Å². The van der Waals surface area contributed by atoms with E-state index in [0.29, 0.717) is 5.75 Å². The quantitative estimate of drug-likeness (QED) is 0.125. The summed E-state index contributed by atoms with van der Waals surface area (Å²) in [6, 6.07) is 22.8. The molecular formula is C27H23N3NiO4S+2. The number of carbonyl (C=O) groups excluding carboxylic acids is 3. The van der Waals surface area contributed by atoms with Crippen molar-refractivity contribution in [2.24, 2.45) is 10.2 Å². The first-order valence-electron chi connectivity index (χ1n) is 11.0. The first kappa shape index (κ1) is 27.0. The molecule has 0 aromatic heterocycles. The van der Waals surface area contributed by atoms with Crippen molar-refractivity contribution in [2.45, 2.75) is 19.9 Å². The first-order chi connectivity index (χ1) is 16.9. The van der Waals surface area contributed by atoms with Crippen LogP contribution in [-0.4, -0.2) is 32.7 Å². The maximum Gasteiger partial charge on any atom is 2.00 e. The minimum Gasteiger partial charge on any atom is -0.510 e. The third kappa shape index (κ3) is 5.32. The van der Waals surface area contributed by atoms with Gasteiger partial charge in [0.25, 0.3) is 11.8 Å². The Labute approximate surface area is 223 Å². The summed E-state index contributed by atoms with van der Waals surface area (Å²) in [6.45, 7) is 3.15. The van der Waals surface area contributed by atoms with E-state index in [0.717, 1.165) is 22.9 Å². The largest absolute Gasteiger partial charge is 2.00 e. The fourth-order valence-electron chi connectivity index (χ4n) is 3.93. The molecule has 3 aromatic rings. The summed E-state index contributed by atoms with van der Waals surface area (Å²) in [6.07, 6.45) is 0. The molecule has 9 heteroatoms. The molecule has 0 fully saturated rings. The van der Waals surface area contributed by atoms with Crippen LogP contribution in [0.5, 0.6) is 0 Å². The van der Waals surface area contributed by atoms with Crippen LogP contribution in [0.25, 0.3) is 0 Å². The Morgan fingerprint density at radius 3 is 2.03 bits per heavy atom. The summed E-state index contributed by atoms with van der Waals surface area (Å²) in [7, 11) is 0. The number of aliphatic hydroxyl groups excluding tert-OH is 1. The summed E-state index contributed by atoms with van der Waals surface area (Å²) < 4.78 is 0. The van der Waals surface area contributed by atoms with Gasteiger partial charge in [-0.15, -0.1) is 10.2 Å². The Morgan fingerprint density at radius 2 is 1.50 bits per heavy atom. The van der Waals surface area contributed by atoms with E-state index in [2.05, 4.69) is 10.2 Å². The Morgan fingerprint density at radius 1 is 0.917 bits per heavy atom. The Bertz CT molecular complexity index is 1300. The summed E-state index contributed by atoms with van der Waals surface area (Å²) in [5.41, 5.74) is 1.86. The summed E-state index contributed by atoms with van der Waals surface area (Å²) in [5, 5.41) is 17.5. The number of nitrogens with zero attached hydrogens (tertiary/aromatic N) is 3. The first-order valence-corrected chi connectivity index (χ1v) is 12.0. The van der Waals surface area contributed by atoms with Gasteiger partial charge in [0.05, 0.1) is 22.9 Å². The van der Waals surface area contributed by atoms with Crippen molar-refractivity contribution in [2.75, 3.05) is 5.75 Å². The van der Waals surface area contributed by atoms with E-state index >= 15 is 0 Å². The van der Waals surface area contributed by atoms with Gasteiger partial charge in [-0.25, -0.2) is 0 Å². The molecule has 7 nitrogen and oxygen atoms in total. The number of aliphatic hydroxyl groups is 1. The molecule has 4 rings (SSSR count). The molecule has 0 radical (unpaired) electrons. The SMILES string of the molecule is CCSC(=O)C(N=Nc1cccc2c1C(=O)N(C(c1ccccc1)c1ccccc1)C2=O)=C(C)O.[Ni+2]. The van der Waals surface area contributed by atoms with Gasteiger partial charge in [0.15, 0.2) is 5.70 Å². The van der Waals surface area contributed by atoms with Crippen molar-refractivity contribution in [1.29, 1.82) is 0 Å². The molecule has 36 heavy (non-hydrogen) atoms. The second-order valence-electron chi connectivity index (χ2n) is 7.76. The molecule has 0 spiro atoms. The van der Waals surface area contributed by atoms with Gasteiger partial charge in [-0.05, 0) is 35.9 Å². The van der Waals surface area contributed by atoms with Crippen molar-refractivity contribution in [3.8, 4) is 0 Å². The van der Waals surface area contributed by atoms with Crippen LogP contribution in [0.15, 0.2) is 101 Å². The Balaban J connectivity index is 0.00000361. The number of rotatable bonds is 7. The standard InChI is InChI=1S/C27H23N3O4S.Ni/c1-3-35-27(34)23(17(2)31)29-28-21-16-10-15-20-22(21)26(33)30(25(20)32)24(18-11-6-4-7-12-18)19-13-8-5-9-14-19;/h4-16,24,31H,3H2,1-2H3;/q;+2. The van der Waals surface area contributed by atoms with Crippen LogP contribution in [0.4, 0.5) is 5.69 Å². The molecule has 0 saturated heterocycles. The molecule has 1 heterocycles. The molecule has 0 saturated carbocycles. The second-order valence-corrected chi connectivity index (χ2v) is 9.00. The molecule has 0 bridgehead atoms. The normalized spacial score (nSPS) is 13.6. The molecule has 3 aromatic carbocycles. The number of allylic oxidation sites excluding steroid dienone is 1. The second kappa shape index (κ2) is 11.9. The third-order valence-electron chi connectivity index (χ3n) is 5.48. The fourth-order valence-corrected chi connectivity index (χ4v) is 4.52. The molecule has 1 aliphatic heterocycles. The van der Waals surface area contributed by atoms with Gasteiger partial charge in [-0.2, -0.15) is 0 Å². The van der Waals surface area contributed by atoms with E-state index in [1.807, 2.05) is 67.6 Å². The number of hydrogen-bond acceptors (Lipinski definition) is 7. The van der Waals surface area contributed by atoms with Crippen LogP contribution in [0.2, 0.25) is 0 Å². The Hall–Kier alpha value is -3.55. The van der Waals surface area contributed by atoms with Crippen LogP contribution >= 0.6 is 11.8 Å². The average molecular weight is 544 g/mol. The van der Waals surface area contributed by atoms with E-state index in [1.165, 1.54) is 11.8 Å². The van der Waals surface area contributed by atoms with Crippen molar-refractivity contribution >= 4 is 34.4 Å². The number of imide groups is 1. The fraction of sp³-hybridized carbons (Fsp3) is 0.148. The van der Waals surface area contributed by atoms with Crippen LogP contribution < -0.4 is 0 Å². The van der Waals surface area contributed by atoms with E-state index < -0.39 is 23.0 Å². The number of thioether (sulfide) groups is 1. The van der Waals surface area contributed by atoms with Crippen LogP contribution in [0, 0.1) is 0 Å². The smallest absolute Gasteiger partial charge is 0.510 e. The van der Waals surface area contributed by atoms with Gasteiger partial charge in [-0.3, -0.25) is 19.3 Å². The monoisotopic (exact) mass is 543 g/mol. The number of fused-ring (bicyclic) bond motifs is 1. The van der Waals surface area contributed by atoms with Crippen LogP contribution in [0.1, 0.15) is 51.7 Å². The zero-order valence-corrected chi connectivity index (χ0v) is 21.3. The summed E-state index contributed by atoms with van der Waals surface area (Å²) in [4.78, 5) is 40.7.